The van der Waals surface area contributed by atoms with Crippen LogP contribution in [0.15, 0.2) is 0 Å². The summed E-state index contributed by atoms with van der Waals surface area (Å²) in [6.45, 7) is 3.11. The largest absolute Gasteiger partial charge is 0.356 e. The summed E-state index contributed by atoms with van der Waals surface area (Å²) >= 11 is 0. The molecule has 0 bridgehead atoms. The second-order valence-electron chi connectivity index (χ2n) is 3.98. The molecule has 0 aromatic heterocycles. The number of carbonyl (C=O) groups excluding carboxylic acids is 1. The average molecular weight is 183 g/mol. The fourth-order valence-electron chi connectivity index (χ4n) is 1.43. The Morgan fingerprint density at radius 1 is 1.23 bits per heavy atom. The molecule has 1 aliphatic rings. The summed E-state index contributed by atoms with van der Waals surface area (Å²) in [5.74, 6) is 0.658. The fourth-order valence-corrected chi connectivity index (χ4v) is 1.43. The van der Waals surface area contributed by atoms with E-state index < -0.39 is 0 Å². The Morgan fingerprint density at radius 2 is 1.92 bits per heavy atom. The van der Waals surface area contributed by atoms with Gasteiger partial charge < -0.3 is 5.32 Å². The molecule has 0 atom stereocenters. The predicted octanol–water partition coefficient (Wildman–Crippen LogP) is 2.48. The third-order valence-corrected chi connectivity index (χ3v) is 2.53. The summed E-state index contributed by atoms with van der Waals surface area (Å²) in [5, 5.41) is 2.98. The monoisotopic (exact) mass is 183 g/mol. The standard InChI is InChI=1S/C11H21NO/c1-2-3-4-5-6-9-12-11(13)10-7-8-10/h10H,2-9H2,1H3,(H,12,13). The highest BCUT2D eigenvalue weighted by Crippen LogP contribution is 2.28. The molecule has 0 heterocycles. The van der Waals surface area contributed by atoms with Crippen LogP contribution in [0.5, 0.6) is 0 Å². The third-order valence-electron chi connectivity index (χ3n) is 2.53. The number of carbonyl (C=O) groups is 1. The number of unbranched alkanes of at least 4 members (excludes halogenated alkanes) is 4. The Hall–Kier alpha value is -0.530. The number of amides is 1. The van der Waals surface area contributed by atoms with Gasteiger partial charge in [-0.05, 0) is 19.3 Å². The lowest BCUT2D eigenvalue weighted by atomic mass is 10.1. The second kappa shape index (κ2) is 6.01. The molecule has 1 fully saturated rings. The third kappa shape index (κ3) is 4.91. The lowest BCUT2D eigenvalue weighted by molar-refractivity contribution is -0.122. The van der Waals surface area contributed by atoms with E-state index >= 15 is 0 Å². The van der Waals surface area contributed by atoms with Gasteiger partial charge in [0.1, 0.15) is 0 Å². The van der Waals surface area contributed by atoms with E-state index in [1.165, 1.54) is 25.7 Å². The number of hydrogen-bond acceptors (Lipinski definition) is 1. The van der Waals surface area contributed by atoms with Gasteiger partial charge in [0.05, 0.1) is 0 Å². The summed E-state index contributed by atoms with van der Waals surface area (Å²) in [6, 6.07) is 0. The molecule has 0 aromatic carbocycles. The van der Waals surface area contributed by atoms with Gasteiger partial charge in [-0.15, -0.1) is 0 Å². The van der Waals surface area contributed by atoms with E-state index in [2.05, 4.69) is 12.2 Å². The van der Waals surface area contributed by atoms with Crippen LogP contribution in [-0.2, 0) is 4.79 Å². The van der Waals surface area contributed by atoms with Gasteiger partial charge in [-0.3, -0.25) is 4.79 Å². The molecular weight excluding hydrogens is 162 g/mol. The zero-order valence-electron chi connectivity index (χ0n) is 8.64. The van der Waals surface area contributed by atoms with E-state index in [1.54, 1.807) is 0 Å². The highest BCUT2D eigenvalue weighted by molar-refractivity contribution is 5.80. The molecule has 1 saturated carbocycles. The van der Waals surface area contributed by atoms with Gasteiger partial charge in [-0.2, -0.15) is 0 Å². The van der Waals surface area contributed by atoms with Gasteiger partial charge in [0.25, 0.3) is 0 Å². The Morgan fingerprint density at radius 3 is 2.54 bits per heavy atom. The Labute approximate surface area is 81.1 Å². The molecule has 0 spiro atoms. The molecule has 2 heteroatoms. The SMILES string of the molecule is CCCCCCCNC(=O)C1CC1. The quantitative estimate of drug-likeness (QED) is 0.604. The van der Waals surface area contributed by atoms with Crippen molar-refractivity contribution in [3.63, 3.8) is 0 Å². The van der Waals surface area contributed by atoms with E-state index in [1.807, 2.05) is 0 Å². The van der Waals surface area contributed by atoms with Gasteiger partial charge in [-0.1, -0.05) is 32.6 Å². The fraction of sp³-hybridized carbons (Fsp3) is 0.909. The van der Waals surface area contributed by atoms with Crippen LogP contribution in [-0.4, -0.2) is 12.5 Å². The lowest BCUT2D eigenvalue weighted by Gasteiger charge is -2.03. The van der Waals surface area contributed by atoms with Crippen LogP contribution in [0.3, 0.4) is 0 Å². The molecule has 1 amide bonds. The average Bonchev–Trinajstić information content (AvgIpc) is 2.93. The van der Waals surface area contributed by atoms with Crippen LogP contribution in [0.2, 0.25) is 0 Å². The molecule has 1 aliphatic carbocycles. The molecule has 0 aromatic rings. The minimum atomic E-state index is 0.287. The van der Waals surface area contributed by atoms with Crippen molar-refractivity contribution in [2.24, 2.45) is 5.92 Å². The number of nitrogens with one attached hydrogen (secondary N) is 1. The molecule has 2 nitrogen and oxygen atoms in total. The highest BCUT2D eigenvalue weighted by atomic mass is 16.2. The molecule has 1 rings (SSSR count). The molecule has 0 saturated heterocycles. The van der Waals surface area contributed by atoms with Gasteiger partial charge in [0.2, 0.25) is 5.91 Å². The van der Waals surface area contributed by atoms with Crippen LogP contribution in [0, 0.1) is 5.92 Å². The minimum absolute atomic E-state index is 0.287. The van der Waals surface area contributed by atoms with Crippen molar-refractivity contribution < 1.29 is 4.79 Å². The first-order valence-electron chi connectivity index (χ1n) is 5.62. The molecule has 0 radical (unpaired) electrons. The molecule has 0 unspecified atom stereocenters. The first-order chi connectivity index (χ1) is 6.34. The summed E-state index contributed by atoms with van der Waals surface area (Å²) in [7, 11) is 0. The first kappa shape index (κ1) is 10.6. The van der Waals surface area contributed by atoms with E-state index in [9.17, 15) is 4.79 Å². The van der Waals surface area contributed by atoms with E-state index in [0.29, 0.717) is 5.92 Å². The van der Waals surface area contributed by atoms with Crippen molar-refractivity contribution in [3.05, 3.63) is 0 Å². The Balaban J connectivity index is 1.80. The van der Waals surface area contributed by atoms with Crippen LogP contribution in [0.1, 0.15) is 51.9 Å². The number of hydrogen-bond donors (Lipinski definition) is 1. The highest BCUT2D eigenvalue weighted by Gasteiger charge is 2.28. The van der Waals surface area contributed by atoms with Crippen molar-refractivity contribution in [1.29, 1.82) is 0 Å². The van der Waals surface area contributed by atoms with Crippen molar-refractivity contribution in [1.82, 2.24) is 5.32 Å². The van der Waals surface area contributed by atoms with Crippen molar-refractivity contribution in [2.75, 3.05) is 6.54 Å². The summed E-state index contributed by atoms with van der Waals surface area (Å²) in [4.78, 5) is 11.2. The van der Waals surface area contributed by atoms with E-state index in [-0.39, 0.29) is 5.91 Å². The minimum Gasteiger partial charge on any atom is -0.356 e. The Bertz CT molecular complexity index is 152. The van der Waals surface area contributed by atoms with Crippen molar-refractivity contribution in [3.8, 4) is 0 Å². The van der Waals surface area contributed by atoms with Gasteiger partial charge in [0, 0.05) is 12.5 Å². The molecular formula is C11H21NO. The summed E-state index contributed by atoms with van der Waals surface area (Å²) < 4.78 is 0. The molecule has 0 aliphatic heterocycles. The lowest BCUT2D eigenvalue weighted by Crippen LogP contribution is -2.25. The normalized spacial score (nSPS) is 15.8. The first-order valence-corrected chi connectivity index (χ1v) is 5.62. The van der Waals surface area contributed by atoms with Crippen LogP contribution in [0.25, 0.3) is 0 Å². The molecule has 76 valence electrons. The zero-order chi connectivity index (χ0) is 9.52. The van der Waals surface area contributed by atoms with E-state index in [4.69, 9.17) is 0 Å². The summed E-state index contributed by atoms with van der Waals surface area (Å²) in [6.07, 6.45) is 8.57. The van der Waals surface area contributed by atoms with Crippen LogP contribution >= 0.6 is 0 Å². The van der Waals surface area contributed by atoms with Gasteiger partial charge >= 0.3 is 0 Å². The number of rotatable bonds is 7. The van der Waals surface area contributed by atoms with Crippen LogP contribution in [0.4, 0.5) is 0 Å². The molecule has 13 heavy (non-hydrogen) atoms. The van der Waals surface area contributed by atoms with Gasteiger partial charge in [-0.25, -0.2) is 0 Å². The smallest absolute Gasteiger partial charge is 0.223 e. The zero-order valence-corrected chi connectivity index (χ0v) is 8.64. The maximum Gasteiger partial charge on any atom is 0.223 e. The topological polar surface area (TPSA) is 29.1 Å². The predicted molar refractivity (Wildman–Crippen MR) is 54.5 cm³/mol. The van der Waals surface area contributed by atoms with Crippen molar-refractivity contribution >= 4 is 5.91 Å². The van der Waals surface area contributed by atoms with Crippen molar-refractivity contribution in [2.45, 2.75) is 51.9 Å². The maximum atomic E-state index is 11.2. The second-order valence-corrected chi connectivity index (χ2v) is 3.98. The summed E-state index contributed by atoms with van der Waals surface area (Å²) in [5.41, 5.74) is 0. The molecule has 1 N–H and O–H groups in total. The van der Waals surface area contributed by atoms with E-state index in [0.717, 1.165) is 25.8 Å². The van der Waals surface area contributed by atoms with Crippen LogP contribution < -0.4 is 5.32 Å². The van der Waals surface area contributed by atoms with Gasteiger partial charge in [0.15, 0.2) is 0 Å². The maximum absolute atomic E-state index is 11.2. The Kier molecular flexibility index (Phi) is 4.87.